The van der Waals surface area contributed by atoms with E-state index in [0.717, 1.165) is 6.42 Å². The largest absolute Gasteiger partial charge is 0.388 e. The van der Waals surface area contributed by atoms with Crippen molar-refractivity contribution in [3.05, 3.63) is 40.9 Å². The van der Waals surface area contributed by atoms with Crippen molar-refractivity contribution in [3.63, 3.8) is 0 Å². The molecule has 8 heteroatoms. The Morgan fingerprint density at radius 1 is 1.14 bits per heavy atom. The Labute approximate surface area is 162 Å². The summed E-state index contributed by atoms with van der Waals surface area (Å²) in [4.78, 5) is 44.4. The van der Waals surface area contributed by atoms with Gasteiger partial charge in [-0.05, 0) is 31.4 Å². The van der Waals surface area contributed by atoms with Gasteiger partial charge in [-0.3, -0.25) is 19.0 Å². The van der Waals surface area contributed by atoms with Gasteiger partial charge in [0.2, 0.25) is 11.8 Å². The van der Waals surface area contributed by atoms with Crippen LogP contribution >= 0.6 is 0 Å². The van der Waals surface area contributed by atoms with Gasteiger partial charge in [-0.15, -0.1) is 0 Å². The minimum absolute atomic E-state index is 0.0324. The molecule has 3 heterocycles. The van der Waals surface area contributed by atoms with E-state index in [2.05, 4.69) is 4.98 Å². The van der Waals surface area contributed by atoms with Crippen molar-refractivity contribution >= 4 is 22.7 Å². The van der Waals surface area contributed by atoms with E-state index in [-0.39, 0.29) is 30.5 Å². The minimum atomic E-state index is -1.06. The highest BCUT2D eigenvalue weighted by molar-refractivity contribution is 5.86. The third kappa shape index (κ3) is 3.64. The standard InChI is InChI=1S/C20H24N4O4/c25-17-6-3-9-23(17)12-18(26)22-10-7-20(28,8-11-22)13-24-14-21-16-5-2-1-4-15(16)19(24)27/h1-2,4-5,14,28H,3,6-13H2. The third-order valence-corrected chi connectivity index (χ3v) is 5.74. The summed E-state index contributed by atoms with van der Waals surface area (Å²) in [6, 6.07) is 7.13. The average Bonchev–Trinajstić information content (AvgIpc) is 3.09. The Morgan fingerprint density at radius 3 is 2.61 bits per heavy atom. The highest BCUT2D eigenvalue weighted by atomic mass is 16.3. The van der Waals surface area contributed by atoms with E-state index < -0.39 is 5.60 Å². The Kier molecular flexibility index (Phi) is 4.89. The van der Waals surface area contributed by atoms with E-state index in [9.17, 15) is 19.5 Å². The fourth-order valence-corrected chi connectivity index (χ4v) is 4.00. The molecule has 8 nitrogen and oxygen atoms in total. The number of para-hydroxylation sites is 1. The maximum Gasteiger partial charge on any atom is 0.261 e. The summed E-state index contributed by atoms with van der Waals surface area (Å²) in [5, 5.41) is 11.5. The summed E-state index contributed by atoms with van der Waals surface area (Å²) in [6.07, 6.45) is 3.55. The molecular weight excluding hydrogens is 360 g/mol. The predicted octanol–water partition coefficient (Wildman–Crippen LogP) is 0.372. The highest BCUT2D eigenvalue weighted by Crippen LogP contribution is 2.24. The molecule has 28 heavy (non-hydrogen) atoms. The van der Waals surface area contributed by atoms with Gasteiger partial charge < -0.3 is 14.9 Å². The van der Waals surface area contributed by atoms with Gasteiger partial charge in [0.1, 0.15) is 0 Å². The molecule has 1 N–H and O–H groups in total. The Balaban J connectivity index is 1.40. The highest BCUT2D eigenvalue weighted by Gasteiger charge is 2.35. The van der Waals surface area contributed by atoms with Crippen LogP contribution in [0.1, 0.15) is 25.7 Å². The Bertz CT molecular complexity index is 962. The first kappa shape index (κ1) is 18.6. The summed E-state index contributed by atoms with van der Waals surface area (Å²) in [5.74, 6) is -0.0492. The fraction of sp³-hybridized carbons (Fsp3) is 0.500. The van der Waals surface area contributed by atoms with E-state index in [1.165, 1.54) is 10.9 Å². The molecule has 148 valence electrons. The zero-order valence-electron chi connectivity index (χ0n) is 15.7. The Hall–Kier alpha value is -2.74. The molecule has 0 radical (unpaired) electrons. The van der Waals surface area contributed by atoms with E-state index in [1.54, 1.807) is 28.0 Å². The van der Waals surface area contributed by atoms with E-state index in [4.69, 9.17) is 0 Å². The van der Waals surface area contributed by atoms with E-state index >= 15 is 0 Å². The van der Waals surface area contributed by atoms with Gasteiger partial charge in [-0.1, -0.05) is 12.1 Å². The first-order chi connectivity index (χ1) is 13.5. The van der Waals surface area contributed by atoms with Gasteiger partial charge in [0, 0.05) is 26.1 Å². The molecule has 0 saturated carbocycles. The number of hydrogen-bond acceptors (Lipinski definition) is 5. The van der Waals surface area contributed by atoms with Crippen molar-refractivity contribution in [2.45, 2.75) is 37.8 Å². The maximum absolute atomic E-state index is 12.7. The third-order valence-electron chi connectivity index (χ3n) is 5.74. The number of aromatic nitrogens is 2. The van der Waals surface area contributed by atoms with Crippen molar-refractivity contribution in [2.75, 3.05) is 26.2 Å². The van der Waals surface area contributed by atoms with Crippen molar-refractivity contribution in [3.8, 4) is 0 Å². The zero-order chi connectivity index (χ0) is 19.7. The molecule has 0 unspecified atom stereocenters. The summed E-state index contributed by atoms with van der Waals surface area (Å²) in [7, 11) is 0. The molecule has 0 spiro atoms. The van der Waals surface area contributed by atoms with Gasteiger partial charge >= 0.3 is 0 Å². The molecule has 1 aromatic heterocycles. The summed E-state index contributed by atoms with van der Waals surface area (Å²) >= 11 is 0. The van der Waals surface area contributed by atoms with Crippen LogP contribution in [0.25, 0.3) is 10.9 Å². The lowest BCUT2D eigenvalue weighted by molar-refractivity contribution is -0.141. The topological polar surface area (TPSA) is 95.7 Å². The SMILES string of the molecule is O=C(CN1CCCC1=O)N1CCC(O)(Cn2cnc3ccccc3c2=O)CC1. The molecule has 2 fully saturated rings. The second-order valence-electron chi connectivity index (χ2n) is 7.72. The van der Waals surface area contributed by atoms with Gasteiger partial charge in [-0.25, -0.2) is 4.98 Å². The van der Waals surface area contributed by atoms with Crippen LogP contribution in [-0.2, 0) is 16.1 Å². The van der Waals surface area contributed by atoms with Crippen LogP contribution < -0.4 is 5.56 Å². The van der Waals surface area contributed by atoms with Crippen molar-refractivity contribution in [1.29, 1.82) is 0 Å². The molecular formula is C20H24N4O4. The summed E-state index contributed by atoms with van der Waals surface area (Å²) in [5.41, 5.74) is -0.605. The molecule has 2 amide bonds. The first-order valence-electron chi connectivity index (χ1n) is 9.67. The number of likely N-dealkylation sites (tertiary alicyclic amines) is 2. The van der Waals surface area contributed by atoms with E-state index in [0.29, 0.717) is 49.8 Å². The first-order valence-corrected chi connectivity index (χ1v) is 9.67. The van der Waals surface area contributed by atoms with Crippen LogP contribution in [0.4, 0.5) is 0 Å². The van der Waals surface area contributed by atoms with Crippen LogP contribution in [0.3, 0.4) is 0 Å². The number of carbonyl (C=O) groups excluding carboxylic acids is 2. The van der Waals surface area contributed by atoms with Crippen LogP contribution in [0.5, 0.6) is 0 Å². The molecule has 0 aliphatic carbocycles. The van der Waals surface area contributed by atoms with Crippen LogP contribution in [-0.4, -0.2) is 68.1 Å². The Morgan fingerprint density at radius 2 is 1.89 bits per heavy atom. The van der Waals surface area contributed by atoms with Crippen LogP contribution in [0.2, 0.25) is 0 Å². The summed E-state index contributed by atoms with van der Waals surface area (Å²) < 4.78 is 1.45. The lowest BCUT2D eigenvalue weighted by Crippen LogP contribution is -2.51. The molecule has 0 atom stereocenters. The van der Waals surface area contributed by atoms with E-state index in [1.807, 2.05) is 6.07 Å². The monoisotopic (exact) mass is 384 g/mol. The van der Waals surface area contributed by atoms with Crippen molar-refractivity contribution in [1.82, 2.24) is 19.4 Å². The van der Waals surface area contributed by atoms with Gasteiger partial charge in [-0.2, -0.15) is 0 Å². The number of nitrogens with zero attached hydrogens (tertiary/aromatic N) is 4. The predicted molar refractivity (Wildman–Crippen MR) is 103 cm³/mol. The minimum Gasteiger partial charge on any atom is -0.388 e. The number of benzene rings is 1. The molecule has 2 aromatic rings. The number of fused-ring (bicyclic) bond motifs is 1. The molecule has 2 aliphatic heterocycles. The number of hydrogen-bond donors (Lipinski definition) is 1. The van der Waals surface area contributed by atoms with Gasteiger partial charge in [0.25, 0.3) is 5.56 Å². The molecule has 0 bridgehead atoms. The van der Waals surface area contributed by atoms with Crippen LogP contribution in [0.15, 0.2) is 35.4 Å². The quantitative estimate of drug-likeness (QED) is 0.822. The smallest absolute Gasteiger partial charge is 0.261 e. The van der Waals surface area contributed by atoms with Gasteiger partial charge in [0.05, 0.1) is 35.9 Å². The van der Waals surface area contributed by atoms with Crippen molar-refractivity contribution in [2.24, 2.45) is 0 Å². The summed E-state index contributed by atoms with van der Waals surface area (Å²) in [6.45, 7) is 1.72. The zero-order valence-corrected chi connectivity index (χ0v) is 15.7. The molecule has 4 rings (SSSR count). The normalized spacial score (nSPS) is 19.4. The second kappa shape index (κ2) is 7.35. The molecule has 2 aliphatic rings. The van der Waals surface area contributed by atoms with Gasteiger partial charge in [0.15, 0.2) is 0 Å². The number of aliphatic hydroxyl groups is 1. The fourth-order valence-electron chi connectivity index (χ4n) is 4.00. The second-order valence-corrected chi connectivity index (χ2v) is 7.72. The lowest BCUT2D eigenvalue weighted by atomic mass is 9.91. The van der Waals surface area contributed by atoms with Crippen molar-refractivity contribution < 1.29 is 14.7 Å². The maximum atomic E-state index is 12.7. The van der Waals surface area contributed by atoms with Crippen LogP contribution in [0, 0.1) is 0 Å². The molecule has 2 saturated heterocycles. The lowest BCUT2D eigenvalue weighted by Gasteiger charge is -2.38. The average molecular weight is 384 g/mol. The number of rotatable bonds is 4. The molecule has 1 aromatic carbocycles. The number of carbonyl (C=O) groups is 2. The number of amides is 2. The number of piperidine rings is 1.